The number of ether oxygens (including phenoxy) is 1. The third-order valence-corrected chi connectivity index (χ3v) is 18.6. The Morgan fingerprint density at radius 3 is 2.19 bits per heavy atom. The van der Waals surface area contributed by atoms with Gasteiger partial charge in [0.2, 0.25) is 0 Å². The Balaban J connectivity index is 2.34. The second kappa shape index (κ2) is 15.5. The zero-order valence-electron chi connectivity index (χ0n) is 28.4. The number of esters is 1. The normalized spacial score (nSPS) is 22.5. The average Bonchev–Trinajstić information content (AvgIpc) is 3.18. The molecule has 0 heterocycles. The van der Waals surface area contributed by atoms with E-state index >= 15 is 0 Å². The van der Waals surface area contributed by atoms with Gasteiger partial charge in [0.1, 0.15) is 6.10 Å². The van der Waals surface area contributed by atoms with Gasteiger partial charge in [-0.15, -0.1) is 13.2 Å². The number of carbonyl (C=O) groups is 1. The van der Waals surface area contributed by atoms with Crippen LogP contribution in [-0.4, -0.2) is 39.6 Å². The summed E-state index contributed by atoms with van der Waals surface area (Å²) < 4.78 is 13.3. The van der Waals surface area contributed by atoms with Crippen molar-refractivity contribution in [1.82, 2.24) is 0 Å². The van der Waals surface area contributed by atoms with Crippen molar-refractivity contribution in [1.29, 1.82) is 0 Å². The highest BCUT2D eigenvalue weighted by atomic mass is 28.4. The first kappa shape index (κ1) is 36.7. The summed E-state index contributed by atoms with van der Waals surface area (Å²) in [4.78, 5) is 23.9. The summed E-state index contributed by atoms with van der Waals surface area (Å²) >= 11 is 0. The van der Waals surface area contributed by atoms with Crippen LogP contribution >= 0.6 is 0 Å². The Labute approximate surface area is 260 Å². The molecule has 2 rings (SSSR count). The standard InChI is InChI=1S/C36H62O4Si2/c1-12-14-21-34(37)39-32-26-33(40-42(10,11)35(3,4)5)31(30(32)18-13-2)25-24-29(27-36(6,7)41(8,9)38)23-22-28-19-16-15-17-20-28/h12-13,15-17,19-20,29-33,38H,1-2,14,18,21-27H2,3-11H3/t29-,30+,31+,32-,33+/m0/s1. The van der Waals surface area contributed by atoms with Gasteiger partial charge in [0.05, 0.1) is 6.10 Å². The minimum atomic E-state index is -2.35. The number of benzene rings is 1. The summed E-state index contributed by atoms with van der Waals surface area (Å²) in [5.74, 6) is 0.858. The van der Waals surface area contributed by atoms with E-state index in [2.05, 4.69) is 104 Å². The van der Waals surface area contributed by atoms with E-state index in [0.29, 0.717) is 24.7 Å². The Morgan fingerprint density at radius 1 is 1.00 bits per heavy atom. The molecule has 0 aromatic heterocycles. The molecule has 5 atom stereocenters. The number of allylic oxidation sites excluding steroid dienone is 2. The van der Waals surface area contributed by atoms with Gasteiger partial charge in [-0.05, 0) is 92.2 Å². The monoisotopic (exact) mass is 614 g/mol. The van der Waals surface area contributed by atoms with Crippen molar-refractivity contribution in [3.8, 4) is 0 Å². The van der Waals surface area contributed by atoms with Crippen LogP contribution in [0.3, 0.4) is 0 Å². The van der Waals surface area contributed by atoms with Crippen molar-refractivity contribution in [3.63, 3.8) is 0 Å². The lowest BCUT2D eigenvalue weighted by Gasteiger charge is -2.41. The topological polar surface area (TPSA) is 55.8 Å². The van der Waals surface area contributed by atoms with Crippen molar-refractivity contribution in [2.24, 2.45) is 17.8 Å². The van der Waals surface area contributed by atoms with Crippen LogP contribution in [0.2, 0.25) is 36.3 Å². The van der Waals surface area contributed by atoms with E-state index in [1.54, 1.807) is 6.08 Å². The lowest BCUT2D eigenvalue weighted by molar-refractivity contribution is -0.151. The molecule has 0 saturated heterocycles. The van der Waals surface area contributed by atoms with E-state index in [4.69, 9.17) is 9.16 Å². The highest BCUT2D eigenvalue weighted by Gasteiger charge is 2.49. The van der Waals surface area contributed by atoms with Gasteiger partial charge in [0.15, 0.2) is 16.6 Å². The molecule has 238 valence electrons. The fourth-order valence-corrected chi connectivity index (χ4v) is 8.26. The van der Waals surface area contributed by atoms with E-state index in [0.717, 1.165) is 44.9 Å². The molecular formula is C36H62O4Si2. The molecule has 0 spiro atoms. The summed E-state index contributed by atoms with van der Waals surface area (Å²) in [5, 5.41) is 0.0224. The van der Waals surface area contributed by atoms with E-state index in [1.807, 2.05) is 6.08 Å². The van der Waals surface area contributed by atoms with Crippen LogP contribution in [0.4, 0.5) is 0 Å². The summed E-state index contributed by atoms with van der Waals surface area (Å²) in [6, 6.07) is 10.8. The van der Waals surface area contributed by atoms with Gasteiger partial charge in [0, 0.05) is 18.8 Å². The van der Waals surface area contributed by atoms with E-state index in [1.165, 1.54) is 5.56 Å². The van der Waals surface area contributed by atoms with Crippen LogP contribution in [0.5, 0.6) is 0 Å². The zero-order chi connectivity index (χ0) is 31.8. The van der Waals surface area contributed by atoms with Crippen molar-refractivity contribution in [3.05, 3.63) is 61.2 Å². The molecule has 1 N–H and O–H groups in total. The van der Waals surface area contributed by atoms with Gasteiger partial charge in [-0.1, -0.05) is 83.5 Å². The maximum absolute atomic E-state index is 12.8. The molecule has 1 aromatic carbocycles. The van der Waals surface area contributed by atoms with Crippen LogP contribution in [-0.2, 0) is 20.4 Å². The zero-order valence-corrected chi connectivity index (χ0v) is 30.4. The molecule has 1 aromatic rings. The van der Waals surface area contributed by atoms with Gasteiger partial charge in [-0.3, -0.25) is 4.79 Å². The van der Waals surface area contributed by atoms with Crippen LogP contribution in [0.15, 0.2) is 55.6 Å². The summed E-state index contributed by atoms with van der Waals surface area (Å²) in [6.45, 7) is 28.0. The number of carbonyl (C=O) groups excluding carboxylic acids is 1. The lowest BCUT2D eigenvalue weighted by Crippen LogP contribution is -2.45. The molecule has 42 heavy (non-hydrogen) atoms. The smallest absolute Gasteiger partial charge is 0.306 e. The summed E-state index contributed by atoms with van der Waals surface area (Å²) in [5.41, 5.74) is 1.37. The first-order valence-electron chi connectivity index (χ1n) is 16.3. The third kappa shape index (κ3) is 10.6. The predicted molar refractivity (Wildman–Crippen MR) is 184 cm³/mol. The largest absolute Gasteiger partial charge is 0.462 e. The molecular weight excluding hydrogens is 553 g/mol. The van der Waals surface area contributed by atoms with Crippen molar-refractivity contribution in [2.45, 2.75) is 141 Å². The number of aryl methyl sites for hydroxylation is 1. The van der Waals surface area contributed by atoms with Crippen LogP contribution in [0, 0.1) is 17.8 Å². The molecule has 0 amide bonds. The minimum Gasteiger partial charge on any atom is -0.462 e. The Hall–Kier alpha value is -1.48. The van der Waals surface area contributed by atoms with E-state index in [9.17, 15) is 9.59 Å². The van der Waals surface area contributed by atoms with Gasteiger partial charge in [-0.25, -0.2) is 0 Å². The van der Waals surface area contributed by atoms with Crippen molar-refractivity contribution in [2.75, 3.05) is 0 Å². The maximum atomic E-state index is 12.8. The molecule has 4 nitrogen and oxygen atoms in total. The average molecular weight is 615 g/mol. The Bertz CT molecular complexity index is 990. The molecule has 1 fully saturated rings. The predicted octanol–water partition coefficient (Wildman–Crippen LogP) is 9.86. The first-order valence-corrected chi connectivity index (χ1v) is 22.1. The van der Waals surface area contributed by atoms with Crippen LogP contribution in [0.25, 0.3) is 0 Å². The molecule has 0 aliphatic heterocycles. The number of hydrogen-bond acceptors (Lipinski definition) is 4. The van der Waals surface area contributed by atoms with Gasteiger partial charge in [-0.2, -0.15) is 0 Å². The summed E-state index contributed by atoms with van der Waals surface area (Å²) in [7, 11) is -4.39. The van der Waals surface area contributed by atoms with E-state index < -0.39 is 16.6 Å². The number of rotatable bonds is 17. The van der Waals surface area contributed by atoms with Gasteiger partial charge < -0.3 is 14.0 Å². The quantitative estimate of drug-likeness (QED) is 0.108. The highest BCUT2D eigenvalue weighted by molar-refractivity contribution is 6.74. The fraction of sp³-hybridized carbons (Fsp3) is 0.694. The Kier molecular flexibility index (Phi) is 13.5. The third-order valence-electron chi connectivity index (χ3n) is 10.5. The van der Waals surface area contributed by atoms with Crippen LogP contribution in [0.1, 0.15) is 91.5 Å². The second-order valence-corrected chi connectivity index (χ2v) is 24.7. The first-order chi connectivity index (χ1) is 19.4. The molecule has 1 aliphatic rings. The maximum Gasteiger partial charge on any atom is 0.306 e. The molecule has 0 radical (unpaired) electrons. The fourth-order valence-electron chi connectivity index (χ4n) is 6.09. The van der Waals surface area contributed by atoms with Crippen molar-refractivity contribution >= 4 is 22.6 Å². The number of hydrogen-bond donors (Lipinski definition) is 1. The molecule has 0 unspecified atom stereocenters. The minimum absolute atomic E-state index is 0.0690. The second-order valence-electron chi connectivity index (χ2n) is 15.5. The van der Waals surface area contributed by atoms with Crippen LogP contribution < -0.4 is 0 Å². The highest BCUT2D eigenvalue weighted by Crippen LogP contribution is 2.48. The Morgan fingerprint density at radius 2 is 1.64 bits per heavy atom. The lowest BCUT2D eigenvalue weighted by atomic mass is 9.81. The molecule has 0 bridgehead atoms. The summed E-state index contributed by atoms with van der Waals surface area (Å²) in [6.07, 6.45) is 11.5. The molecule has 1 aliphatic carbocycles. The van der Waals surface area contributed by atoms with Crippen molar-refractivity contribution < 1.29 is 18.8 Å². The molecule has 6 heteroatoms. The van der Waals surface area contributed by atoms with E-state index in [-0.39, 0.29) is 34.2 Å². The molecule has 1 saturated carbocycles. The van der Waals surface area contributed by atoms with Gasteiger partial charge >= 0.3 is 5.97 Å². The SMILES string of the molecule is C=CCCC(=O)O[C@H]1C[C@@H](O[Si](C)(C)C(C)(C)C)[C@H](CC[C@H](CCc2ccccc2)CC(C)(C)[Si](C)(C)O)[C@H]1CC=C. The van der Waals surface area contributed by atoms with Gasteiger partial charge in [0.25, 0.3) is 0 Å².